The van der Waals surface area contributed by atoms with E-state index in [1.54, 1.807) is 0 Å². The molecule has 0 fully saturated rings. The largest absolute Gasteiger partial charge is 0.347 e. The van der Waals surface area contributed by atoms with Crippen LogP contribution in [0.4, 0.5) is 11.4 Å². The van der Waals surface area contributed by atoms with Crippen LogP contribution in [0, 0.1) is 5.41 Å². The Bertz CT molecular complexity index is 1130. The highest BCUT2D eigenvalue weighted by atomic mass is 15.2. The minimum atomic E-state index is -0.0274. The van der Waals surface area contributed by atoms with Gasteiger partial charge in [0, 0.05) is 41.6 Å². The quantitative estimate of drug-likeness (QED) is 0.482. The van der Waals surface area contributed by atoms with E-state index in [0.717, 1.165) is 0 Å². The fraction of sp³-hybridized carbons (Fsp3) is 0.414. The molecular formula is C29H37N2+. The van der Waals surface area contributed by atoms with E-state index in [4.69, 9.17) is 0 Å². The second-order valence-electron chi connectivity index (χ2n) is 11.2. The number of hydrogen-bond donors (Lipinski definition) is 0. The highest BCUT2D eigenvalue weighted by Gasteiger charge is 2.44. The summed E-state index contributed by atoms with van der Waals surface area (Å²) in [6.45, 7) is 16.3. The minimum Gasteiger partial charge on any atom is -0.347 e. The van der Waals surface area contributed by atoms with Gasteiger partial charge in [-0.1, -0.05) is 71.0 Å². The zero-order valence-electron chi connectivity index (χ0n) is 20.7. The molecule has 0 unspecified atom stereocenters. The zero-order valence-corrected chi connectivity index (χ0v) is 20.7. The molecule has 0 spiro atoms. The number of fused-ring (bicyclic) bond motifs is 2. The molecule has 0 radical (unpaired) electrons. The van der Waals surface area contributed by atoms with Gasteiger partial charge in [0.15, 0.2) is 5.71 Å². The Kier molecular flexibility index (Phi) is 4.85. The van der Waals surface area contributed by atoms with E-state index in [2.05, 4.69) is 133 Å². The number of rotatable bonds is 2. The molecule has 2 aliphatic rings. The van der Waals surface area contributed by atoms with Gasteiger partial charge in [-0.25, -0.2) is 0 Å². The number of allylic oxidation sites excluding steroid dienone is 4. The Morgan fingerprint density at radius 2 is 1.45 bits per heavy atom. The van der Waals surface area contributed by atoms with Gasteiger partial charge in [-0.2, -0.15) is 4.58 Å². The van der Waals surface area contributed by atoms with Crippen molar-refractivity contribution in [2.24, 2.45) is 5.41 Å². The Morgan fingerprint density at radius 3 is 2.03 bits per heavy atom. The van der Waals surface area contributed by atoms with E-state index < -0.39 is 0 Å². The zero-order chi connectivity index (χ0) is 22.8. The van der Waals surface area contributed by atoms with Gasteiger partial charge in [0.2, 0.25) is 5.69 Å². The topological polar surface area (TPSA) is 6.25 Å². The van der Waals surface area contributed by atoms with Gasteiger partial charge in [-0.05, 0) is 42.5 Å². The van der Waals surface area contributed by atoms with E-state index in [1.807, 2.05) is 0 Å². The Labute approximate surface area is 188 Å². The van der Waals surface area contributed by atoms with Gasteiger partial charge in [-0.3, -0.25) is 0 Å². The highest BCUT2D eigenvalue weighted by molar-refractivity contribution is 6.03. The smallest absolute Gasteiger partial charge is 0.209 e. The molecule has 2 aromatic carbocycles. The van der Waals surface area contributed by atoms with Crippen LogP contribution in [0.15, 0.2) is 72.0 Å². The molecule has 0 saturated carbocycles. The summed E-state index contributed by atoms with van der Waals surface area (Å²) in [7, 11) is 4.41. The van der Waals surface area contributed by atoms with Crippen molar-refractivity contribution in [3.05, 3.63) is 83.1 Å². The third-order valence-corrected chi connectivity index (χ3v) is 7.33. The third kappa shape index (κ3) is 3.28. The summed E-state index contributed by atoms with van der Waals surface area (Å²) in [5, 5.41) is 0. The highest BCUT2D eigenvalue weighted by Crippen LogP contribution is 2.48. The summed E-state index contributed by atoms with van der Waals surface area (Å²) in [4.78, 5) is 2.37. The van der Waals surface area contributed by atoms with E-state index in [-0.39, 0.29) is 16.2 Å². The number of hydrogen-bond acceptors (Lipinski definition) is 1. The average Bonchev–Trinajstić information content (AvgIpc) is 3.01. The van der Waals surface area contributed by atoms with Gasteiger partial charge < -0.3 is 4.90 Å². The maximum absolute atomic E-state index is 2.44. The van der Waals surface area contributed by atoms with Crippen LogP contribution in [0.5, 0.6) is 0 Å². The molecule has 0 bridgehead atoms. The molecule has 0 amide bonds. The molecule has 0 N–H and O–H groups in total. The van der Waals surface area contributed by atoms with E-state index in [9.17, 15) is 0 Å². The monoisotopic (exact) mass is 413 g/mol. The Morgan fingerprint density at radius 1 is 0.871 bits per heavy atom. The first-order valence-electron chi connectivity index (χ1n) is 11.3. The molecule has 0 aliphatic carbocycles. The molecule has 0 atom stereocenters. The molecule has 2 nitrogen and oxygen atoms in total. The summed E-state index contributed by atoms with van der Waals surface area (Å²) >= 11 is 0. The summed E-state index contributed by atoms with van der Waals surface area (Å²) < 4.78 is 2.37. The lowest BCUT2D eigenvalue weighted by molar-refractivity contribution is -0.401. The Hall–Kier alpha value is -2.61. The number of anilines is 1. The second-order valence-corrected chi connectivity index (χ2v) is 11.2. The van der Waals surface area contributed by atoms with E-state index in [0.29, 0.717) is 0 Å². The SMILES string of the molecule is CN1/C(=C\C(=C\C2=[N+](C)c3ccccc3C2(C)C)C(C)(C)C)C(C)(C)c2ccccc21. The van der Waals surface area contributed by atoms with Gasteiger partial charge in [0.05, 0.1) is 5.41 Å². The van der Waals surface area contributed by atoms with Crippen molar-refractivity contribution in [2.45, 2.75) is 59.3 Å². The van der Waals surface area contributed by atoms with Crippen LogP contribution in [-0.2, 0) is 10.8 Å². The number of nitrogens with zero attached hydrogens (tertiary/aromatic N) is 2. The molecule has 162 valence electrons. The number of para-hydroxylation sites is 2. The van der Waals surface area contributed by atoms with Crippen molar-refractivity contribution in [2.75, 3.05) is 19.0 Å². The van der Waals surface area contributed by atoms with Gasteiger partial charge in [0.1, 0.15) is 7.05 Å². The molecule has 0 saturated heterocycles. The van der Waals surface area contributed by atoms with Gasteiger partial charge in [-0.15, -0.1) is 0 Å². The van der Waals surface area contributed by atoms with Crippen molar-refractivity contribution >= 4 is 17.1 Å². The maximum atomic E-state index is 2.44. The van der Waals surface area contributed by atoms with Crippen LogP contribution in [-0.4, -0.2) is 24.4 Å². The molecular weight excluding hydrogens is 376 g/mol. The maximum Gasteiger partial charge on any atom is 0.209 e. The van der Waals surface area contributed by atoms with Crippen molar-refractivity contribution in [1.82, 2.24) is 0 Å². The van der Waals surface area contributed by atoms with Gasteiger partial charge >= 0.3 is 0 Å². The first-order valence-corrected chi connectivity index (χ1v) is 11.3. The summed E-state index contributed by atoms with van der Waals surface area (Å²) in [5.74, 6) is 0. The fourth-order valence-electron chi connectivity index (χ4n) is 5.29. The summed E-state index contributed by atoms with van der Waals surface area (Å²) in [6.07, 6.45) is 4.89. The van der Waals surface area contributed by atoms with Crippen molar-refractivity contribution in [3.8, 4) is 0 Å². The number of likely N-dealkylation sites (N-methyl/N-ethyl adjacent to an activating group) is 1. The minimum absolute atomic E-state index is 0.0252. The lowest BCUT2D eigenvalue weighted by Gasteiger charge is -2.28. The van der Waals surface area contributed by atoms with Crippen molar-refractivity contribution < 1.29 is 4.58 Å². The average molecular weight is 414 g/mol. The molecule has 4 rings (SSSR count). The summed E-state index contributed by atoms with van der Waals surface area (Å²) in [5.41, 5.74) is 9.45. The standard InChI is InChI=1S/C29H37N2/c1-27(2,3)20(18-25-28(4,5)21-14-10-12-16-23(21)30(25)8)19-26-29(6,7)22-15-11-13-17-24(22)31(26)9/h10-19H,1-9H3/q+1. The molecule has 2 aromatic rings. The van der Waals surface area contributed by atoms with Crippen LogP contribution >= 0.6 is 0 Å². The lowest BCUT2D eigenvalue weighted by atomic mass is 9.76. The van der Waals surface area contributed by atoms with Gasteiger partial charge in [0.25, 0.3) is 0 Å². The fourth-order valence-corrected chi connectivity index (χ4v) is 5.29. The van der Waals surface area contributed by atoms with Crippen molar-refractivity contribution in [1.29, 1.82) is 0 Å². The van der Waals surface area contributed by atoms with Crippen LogP contribution in [0.1, 0.15) is 59.6 Å². The normalized spacial score (nSPS) is 21.0. The second kappa shape index (κ2) is 6.95. The van der Waals surface area contributed by atoms with E-state index in [1.165, 1.54) is 39.5 Å². The van der Waals surface area contributed by atoms with E-state index >= 15 is 0 Å². The van der Waals surface area contributed by atoms with Crippen molar-refractivity contribution in [3.63, 3.8) is 0 Å². The first kappa shape index (κ1) is 21.6. The Balaban J connectivity index is 1.88. The van der Waals surface area contributed by atoms with Crippen LogP contribution in [0.3, 0.4) is 0 Å². The lowest BCUT2D eigenvalue weighted by Crippen LogP contribution is -2.29. The molecule has 31 heavy (non-hydrogen) atoms. The summed E-state index contributed by atoms with van der Waals surface area (Å²) in [6, 6.07) is 17.6. The third-order valence-electron chi connectivity index (χ3n) is 7.33. The first-order chi connectivity index (χ1) is 14.4. The molecule has 2 heteroatoms. The molecule has 2 heterocycles. The molecule has 0 aromatic heterocycles. The van der Waals surface area contributed by atoms with Crippen LogP contribution in [0.2, 0.25) is 0 Å². The predicted molar refractivity (Wildman–Crippen MR) is 134 cm³/mol. The van der Waals surface area contributed by atoms with Crippen LogP contribution in [0.25, 0.3) is 0 Å². The molecule has 2 aliphatic heterocycles. The predicted octanol–water partition coefficient (Wildman–Crippen LogP) is 6.98. The number of benzene rings is 2. The van der Waals surface area contributed by atoms with Crippen LogP contribution < -0.4 is 4.90 Å².